The van der Waals surface area contributed by atoms with Crippen LogP contribution < -0.4 is 20.1 Å². The number of guanidine groups is 1. The van der Waals surface area contributed by atoms with Gasteiger partial charge in [0.25, 0.3) is 0 Å². The number of rotatable bonds is 5. The molecule has 1 aliphatic heterocycles. The van der Waals surface area contributed by atoms with Crippen molar-refractivity contribution in [1.29, 1.82) is 0 Å². The molecular formula is C18H20F2IN3O2. The van der Waals surface area contributed by atoms with Crippen LogP contribution in [0.25, 0.3) is 0 Å². The molecule has 5 nitrogen and oxygen atoms in total. The van der Waals surface area contributed by atoms with Crippen molar-refractivity contribution in [3.63, 3.8) is 0 Å². The molecule has 140 valence electrons. The van der Waals surface area contributed by atoms with Crippen LogP contribution in [0, 0.1) is 11.6 Å². The summed E-state index contributed by atoms with van der Waals surface area (Å²) in [6.45, 7) is 1.03. The van der Waals surface area contributed by atoms with Gasteiger partial charge in [0.1, 0.15) is 11.6 Å². The van der Waals surface area contributed by atoms with E-state index in [0.29, 0.717) is 12.5 Å². The highest BCUT2D eigenvalue weighted by atomic mass is 127. The molecule has 1 aliphatic rings. The fourth-order valence-corrected chi connectivity index (χ4v) is 2.50. The summed E-state index contributed by atoms with van der Waals surface area (Å²) < 4.78 is 37.4. The lowest BCUT2D eigenvalue weighted by atomic mass is 10.1. The number of benzene rings is 2. The van der Waals surface area contributed by atoms with Gasteiger partial charge in [-0.05, 0) is 42.3 Å². The summed E-state index contributed by atoms with van der Waals surface area (Å²) in [4.78, 5) is 4.08. The minimum atomic E-state index is -0.469. The summed E-state index contributed by atoms with van der Waals surface area (Å²) in [7, 11) is 1.62. The van der Waals surface area contributed by atoms with Gasteiger partial charge >= 0.3 is 0 Å². The number of nitrogens with one attached hydrogen (secondary N) is 2. The molecule has 0 radical (unpaired) electrons. The maximum Gasteiger partial charge on any atom is 0.231 e. The average molecular weight is 475 g/mol. The molecule has 2 aromatic rings. The van der Waals surface area contributed by atoms with Crippen molar-refractivity contribution in [2.75, 3.05) is 20.4 Å². The van der Waals surface area contributed by atoms with Crippen molar-refractivity contribution >= 4 is 29.9 Å². The fraction of sp³-hybridized carbons (Fsp3) is 0.278. The maximum atomic E-state index is 13.6. The van der Waals surface area contributed by atoms with E-state index in [1.165, 1.54) is 6.07 Å². The fourth-order valence-electron chi connectivity index (χ4n) is 2.50. The van der Waals surface area contributed by atoms with E-state index >= 15 is 0 Å². The van der Waals surface area contributed by atoms with Crippen LogP contribution in [0.15, 0.2) is 41.4 Å². The van der Waals surface area contributed by atoms with Gasteiger partial charge in [-0.15, -0.1) is 24.0 Å². The van der Waals surface area contributed by atoms with Crippen LogP contribution in [0.2, 0.25) is 0 Å². The number of ether oxygens (including phenoxy) is 2. The largest absolute Gasteiger partial charge is 0.454 e. The van der Waals surface area contributed by atoms with Gasteiger partial charge in [0.2, 0.25) is 6.79 Å². The van der Waals surface area contributed by atoms with Gasteiger partial charge in [0.15, 0.2) is 17.5 Å². The zero-order chi connectivity index (χ0) is 17.6. The topological polar surface area (TPSA) is 54.9 Å². The number of halogens is 3. The van der Waals surface area contributed by atoms with E-state index in [1.807, 2.05) is 18.2 Å². The van der Waals surface area contributed by atoms with Gasteiger partial charge in [-0.3, -0.25) is 4.99 Å². The van der Waals surface area contributed by atoms with Gasteiger partial charge in [-0.2, -0.15) is 0 Å². The van der Waals surface area contributed by atoms with Gasteiger partial charge in [0.05, 0.1) is 0 Å². The number of aliphatic imine (C=N–C) groups is 1. The first-order valence-electron chi connectivity index (χ1n) is 7.92. The summed E-state index contributed by atoms with van der Waals surface area (Å²) in [6.07, 6.45) is 0.756. The molecular weight excluding hydrogens is 455 g/mol. The van der Waals surface area contributed by atoms with Crippen molar-refractivity contribution in [2.24, 2.45) is 4.99 Å². The third-order valence-corrected chi connectivity index (χ3v) is 3.82. The molecule has 0 unspecified atom stereocenters. The van der Waals surface area contributed by atoms with E-state index in [-0.39, 0.29) is 42.9 Å². The van der Waals surface area contributed by atoms with E-state index in [4.69, 9.17) is 9.47 Å². The Labute approximate surface area is 167 Å². The predicted molar refractivity (Wildman–Crippen MR) is 106 cm³/mol. The Morgan fingerprint density at radius 1 is 1.08 bits per heavy atom. The van der Waals surface area contributed by atoms with Crippen LogP contribution in [0.4, 0.5) is 8.78 Å². The molecule has 2 aromatic carbocycles. The Morgan fingerprint density at radius 2 is 1.88 bits per heavy atom. The van der Waals surface area contributed by atoms with Crippen LogP contribution in [0.1, 0.15) is 11.1 Å². The van der Waals surface area contributed by atoms with E-state index < -0.39 is 11.6 Å². The van der Waals surface area contributed by atoms with Gasteiger partial charge in [0, 0.05) is 25.7 Å². The normalized spacial score (nSPS) is 12.5. The van der Waals surface area contributed by atoms with Crippen molar-refractivity contribution in [3.8, 4) is 11.5 Å². The molecule has 0 bridgehead atoms. The number of fused-ring (bicyclic) bond motifs is 1. The van der Waals surface area contributed by atoms with Crippen LogP contribution >= 0.6 is 24.0 Å². The first-order chi connectivity index (χ1) is 12.2. The highest BCUT2D eigenvalue weighted by Crippen LogP contribution is 2.32. The highest BCUT2D eigenvalue weighted by molar-refractivity contribution is 14.0. The summed E-state index contributed by atoms with van der Waals surface area (Å²) >= 11 is 0. The smallest absolute Gasteiger partial charge is 0.231 e. The Kier molecular flexibility index (Phi) is 7.43. The monoisotopic (exact) mass is 475 g/mol. The first kappa shape index (κ1) is 20.2. The van der Waals surface area contributed by atoms with E-state index in [9.17, 15) is 8.78 Å². The Balaban J connectivity index is 0.00000243. The molecule has 0 atom stereocenters. The molecule has 0 spiro atoms. The van der Waals surface area contributed by atoms with Gasteiger partial charge in [-0.25, -0.2) is 8.78 Å². The standard InChI is InChI=1S/C18H19F2N3O2.HI/c1-21-18(23-10-13-9-14(19)3-4-15(13)20)22-7-6-12-2-5-16-17(8-12)25-11-24-16;/h2-5,8-9H,6-7,10-11H2,1H3,(H2,21,22,23);1H. The van der Waals surface area contributed by atoms with E-state index in [0.717, 1.165) is 35.6 Å². The molecule has 0 amide bonds. The first-order valence-corrected chi connectivity index (χ1v) is 7.92. The summed E-state index contributed by atoms with van der Waals surface area (Å²) in [5.74, 6) is 1.10. The summed E-state index contributed by atoms with van der Waals surface area (Å²) in [5, 5.41) is 6.11. The molecule has 0 fully saturated rings. The van der Waals surface area contributed by atoms with Crippen molar-refractivity contribution in [1.82, 2.24) is 10.6 Å². The maximum absolute atomic E-state index is 13.6. The lowest BCUT2D eigenvalue weighted by Gasteiger charge is -2.12. The van der Waals surface area contributed by atoms with Crippen LogP contribution in [-0.2, 0) is 13.0 Å². The molecule has 0 saturated heterocycles. The summed E-state index contributed by atoms with van der Waals surface area (Å²) in [5.41, 5.74) is 1.35. The van der Waals surface area contributed by atoms with Crippen molar-refractivity contribution < 1.29 is 18.3 Å². The zero-order valence-corrected chi connectivity index (χ0v) is 16.6. The lowest BCUT2D eigenvalue weighted by Crippen LogP contribution is -2.38. The minimum Gasteiger partial charge on any atom is -0.454 e. The molecule has 0 aromatic heterocycles. The highest BCUT2D eigenvalue weighted by Gasteiger charge is 2.13. The third-order valence-electron chi connectivity index (χ3n) is 3.82. The predicted octanol–water partition coefficient (Wildman–Crippen LogP) is 3.22. The molecule has 0 aliphatic carbocycles. The number of hydrogen-bond acceptors (Lipinski definition) is 3. The quantitative estimate of drug-likeness (QED) is 0.397. The average Bonchev–Trinajstić information content (AvgIpc) is 3.08. The molecule has 1 heterocycles. The molecule has 26 heavy (non-hydrogen) atoms. The Bertz CT molecular complexity index is 787. The minimum absolute atomic E-state index is 0. The van der Waals surface area contributed by atoms with Crippen molar-refractivity contribution in [2.45, 2.75) is 13.0 Å². The molecule has 2 N–H and O–H groups in total. The second-order valence-electron chi connectivity index (χ2n) is 5.53. The van der Waals surface area contributed by atoms with Gasteiger partial charge in [-0.1, -0.05) is 6.07 Å². The van der Waals surface area contributed by atoms with Crippen molar-refractivity contribution in [3.05, 3.63) is 59.2 Å². The van der Waals surface area contributed by atoms with E-state index in [2.05, 4.69) is 15.6 Å². The second-order valence-corrected chi connectivity index (χ2v) is 5.53. The Morgan fingerprint density at radius 3 is 2.69 bits per heavy atom. The van der Waals surface area contributed by atoms with Crippen LogP contribution in [0.5, 0.6) is 11.5 Å². The zero-order valence-electron chi connectivity index (χ0n) is 14.2. The number of hydrogen-bond donors (Lipinski definition) is 2. The van der Waals surface area contributed by atoms with Crippen LogP contribution in [-0.4, -0.2) is 26.3 Å². The number of nitrogens with zero attached hydrogens (tertiary/aromatic N) is 1. The summed E-state index contributed by atoms with van der Waals surface area (Å²) in [6, 6.07) is 9.19. The lowest BCUT2D eigenvalue weighted by molar-refractivity contribution is 0.174. The molecule has 8 heteroatoms. The second kappa shape index (κ2) is 9.56. The Hall–Kier alpha value is -2.10. The van der Waals surface area contributed by atoms with Gasteiger partial charge < -0.3 is 20.1 Å². The molecule has 0 saturated carbocycles. The SMILES string of the molecule is CN=C(NCCc1ccc2c(c1)OCO2)NCc1cc(F)ccc1F.I. The van der Waals surface area contributed by atoms with Crippen LogP contribution in [0.3, 0.4) is 0 Å². The van der Waals surface area contributed by atoms with E-state index in [1.54, 1.807) is 7.05 Å². The third kappa shape index (κ3) is 5.20. The molecule has 3 rings (SSSR count).